The molecule has 0 saturated carbocycles. The lowest BCUT2D eigenvalue weighted by atomic mass is 10.3. The summed E-state index contributed by atoms with van der Waals surface area (Å²) >= 11 is 0. The summed E-state index contributed by atoms with van der Waals surface area (Å²) in [5, 5.41) is 7.95. The number of hydrogen-bond acceptors (Lipinski definition) is 6. The molecule has 0 amide bonds. The Morgan fingerprint density at radius 1 is 1.11 bits per heavy atom. The number of anilines is 3. The number of nitrogen functional groups attached to an aromatic ring is 1. The third-order valence-electron chi connectivity index (χ3n) is 2.14. The normalized spacial score (nSPS) is 10.6. The topological polar surface area (TPSA) is 124 Å². The number of hydrogen-bond donors (Lipinski definition) is 3. The molecule has 0 aliphatic carbocycles. The summed E-state index contributed by atoms with van der Waals surface area (Å²) in [6, 6.07) is 7.54. The maximum Gasteiger partial charge on any atom is 0.238 e. The minimum atomic E-state index is -3.67. The van der Waals surface area contributed by atoms with Gasteiger partial charge in [-0.1, -0.05) is 0 Å². The second kappa shape index (κ2) is 5.83. The van der Waals surface area contributed by atoms with Gasteiger partial charge in [0.1, 0.15) is 18.0 Å². The maximum atomic E-state index is 11.1. The zero-order valence-electron chi connectivity index (χ0n) is 9.62. The molecule has 19 heavy (non-hydrogen) atoms. The van der Waals surface area contributed by atoms with E-state index in [-0.39, 0.29) is 17.3 Å². The van der Waals surface area contributed by atoms with E-state index in [0.717, 1.165) is 0 Å². The van der Waals surface area contributed by atoms with Crippen LogP contribution in [0.3, 0.4) is 0 Å². The quantitative estimate of drug-likeness (QED) is 0.573. The Kier molecular flexibility index (Phi) is 4.65. The molecule has 0 atom stereocenters. The van der Waals surface area contributed by atoms with E-state index in [1.165, 1.54) is 18.5 Å². The fourth-order valence-corrected chi connectivity index (χ4v) is 1.83. The summed E-state index contributed by atoms with van der Waals surface area (Å²) in [6.07, 6.45) is 1.33. The van der Waals surface area contributed by atoms with E-state index in [1.54, 1.807) is 18.2 Å². The molecule has 0 fully saturated rings. The molecule has 1 heterocycles. The zero-order valence-corrected chi connectivity index (χ0v) is 11.2. The van der Waals surface area contributed by atoms with Gasteiger partial charge in [-0.3, -0.25) is 0 Å². The van der Waals surface area contributed by atoms with Crippen LogP contribution >= 0.6 is 0 Å². The molecule has 2 rings (SSSR count). The molecule has 0 unspecified atom stereocenters. The first-order valence-electron chi connectivity index (χ1n) is 4.92. The van der Waals surface area contributed by atoms with E-state index in [2.05, 4.69) is 15.3 Å². The summed E-state index contributed by atoms with van der Waals surface area (Å²) in [4.78, 5) is 7.77. The van der Waals surface area contributed by atoms with Gasteiger partial charge in [0.05, 0.1) is 4.90 Å². The van der Waals surface area contributed by atoms with E-state index in [9.17, 15) is 8.42 Å². The smallest absolute Gasteiger partial charge is 0.238 e. The number of primary sulfonamides is 1. The van der Waals surface area contributed by atoms with Crippen LogP contribution in [-0.2, 0) is 10.0 Å². The van der Waals surface area contributed by atoms with E-state index in [0.29, 0.717) is 17.3 Å². The summed E-state index contributed by atoms with van der Waals surface area (Å²) < 4.78 is 22.1. The van der Waals surface area contributed by atoms with Crippen molar-refractivity contribution < 1.29 is 20.8 Å². The van der Waals surface area contributed by atoms with E-state index >= 15 is 0 Å². The third-order valence-corrected chi connectivity index (χ3v) is 3.07. The first-order chi connectivity index (χ1) is 8.45. The van der Waals surface area contributed by atoms with Crippen LogP contribution in [-0.4, -0.2) is 18.4 Å². The number of halogens is 1. The van der Waals surface area contributed by atoms with Crippen LogP contribution in [0.4, 0.5) is 17.3 Å². The number of nitrogens with zero attached hydrogens (tertiary/aromatic N) is 2. The lowest BCUT2D eigenvalue weighted by Gasteiger charge is -2.06. The Hall–Kier alpha value is -1.90. The molecule has 0 bridgehead atoms. The average molecular weight is 301 g/mol. The van der Waals surface area contributed by atoms with Crippen LogP contribution in [0, 0.1) is 0 Å². The second-order valence-corrected chi connectivity index (χ2v) is 5.08. The number of nitrogens with one attached hydrogen (secondary N) is 1. The van der Waals surface area contributed by atoms with Crippen molar-refractivity contribution >= 4 is 27.3 Å². The molecule has 1 aromatic heterocycles. The van der Waals surface area contributed by atoms with Gasteiger partial charge in [0.15, 0.2) is 0 Å². The largest absolute Gasteiger partial charge is 1.00 e. The van der Waals surface area contributed by atoms with E-state index in [1.807, 2.05) is 0 Å². The maximum absolute atomic E-state index is 11.1. The standard InChI is InChI=1S/C10H11N5O2S.ClH/c11-9-5-10(14-6-13-9)15-7-1-3-8(4-2-7)18(12,16)17;/h1-6H,(H2,12,16,17)(H3,11,13,14,15);1H/p-1. The number of sulfonamides is 1. The van der Waals surface area contributed by atoms with Crippen LogP contribution < -0.4 is 28.6 Å². The summed E-state index contributed by atoms with van der Waals surface area (Å²) in [6.45, 7) is 0. The minimum absolute atomic E-state index is 0. The van der Waals surface area contributed by atoms with Gasteiger partial charge in [-0.15, -0.1) is 0 Å². The third kappa shape index (κ3) is 4.05. The Bertz CT molecular complexity index is 660. The molecule has 0 saturated heterocycles. The van der Waals surface area contributed by atoms with Gasteiger partial charge in [-0.25, -0.2) is 23.5 Å². The number of aromatic nitrogens is 2. The van der Waals surface area contributed by atoms with Crippen molar-refractivity contribution in [2.24, 2.45) is 5.14 Å². The highest BCUT2D eigenvalue weighted by atomic mass is 35.5. The molecular weight excluding hydrogens is 290 g/mol. The molecule has 102 valence electrons. The predicted octanol–water partition coefficient (Wildman–Crippen LogP) is -2.55. The Labute approximate surface area is 116 Å². The molecule has 2 aromatic rings. The molecular formula is C10H11ClN5O2S-. The Balaban J connectivity index is 0.00000180. The number of benzene rings is 1. The molecule has 1 aromatic carbocycles. The first-order valence-corrected chi connectivity index (χ1v) is 6.47. The van der Waals surface area contributed by atoms with Gasteiger partial charge < -0.3 is 23.5 Å². The van der Waals surface area contributed by atoms with Gasteiger partial charge in [-0.2, -0.15) is 0 Å². The fourth-order valence-electron chi connectivity index (χ4n) is 1.32. The van der Waals surface area contributed by atoms with Crippen LogP contribution in [0.1, 0.15) is 0 Å². The average Bonchev–Trinajstić information content (AvgIpc) is 2.28. The van der Waals surface area contributed by atoms with Gasteiger partial charge in [0.2, 0.25) is 10.0 Å². The van der Waals surface area contributed by atoms with Crippen LogP contribution in [0.2, 0.25) is 0 Å². The summed E-state index contributed by atoms with van der Waals surface area (Å²) in [7, 11) is -3.67. The van der Waals surface area contributed by atoms with Crippen LogP contribution in [0.15, 0.2) is 41.6 Å². The Morgan fingerprint density at radius 3 is 2.26 bits per heavy atom. The first kappa shape index (κ1) is 15.2. The highest BCUT2D eigenvalue weighted by Gasteiger charge is 2.06. The minimum Gasteiger partial charge on any atom is -1.00 e. The van der Waals surface area contributed by atoms with Crippen molar-refractivity contribution in [2.45, 2.75) is 4.90 Å². The van der Waals surface area contributed by atoms with Gasteiger partial charge in [0, 0.05) is 11.8 Å². The monoisotopic (exact) mass is 300 g/mol. The van der Waals surface area contributed by atoms with Crippen LogP contribution in [0.5, 0.6) is 0 Å². The highest BCUT2D eigenvalue weighted by Crippen LogP contribution is 2.17. The molecule has 7 nitrogen and oxygen atoms in total. The van der Waals surface area contributed by atoms with Gasteiger partial charge in [0.25, 0.3) is 0 Å². The van der Waals surface area contributed by atoms with Crippen molar-refractivity contribution in [1.29, 1.82) is 0 Å². The SMILES string of the molecule is Nc1cc(Nc2ccc(S(N)(=O)=O)cc2)ncn1.[Cl-]. The lowest BCUT2D eigenvalue weighted by molar-refractivity contribution is -0.00000649. The predicted molar refractivity (Wildman–Crippen MR) is 67.5 cm³/mol. The lowest BCUT2D eigenvalue weighted by Crippen LogP contribution is -3.00. The molecule has 0 aliphatic rings. The molecule has 0 aliphatic heterocycles. The van der Waals surface area contributed by atoms with Crippen LogP contribution in [0.25, 0.3) is 0 Å². The number of nitrogens with two attached hydrogens (primary N) is 2. The Morgan fingerprint density at radius 2 is 1.74 bits per heavy atom. The van der Waals surface area contributed by atoms with Crippen molar-refractivity contribution in [3.05, 3.63) is 36.7 Å². The van der Waals surface area contributed by atoms with Crippen molar-refractivity contribution in [2.75, 3.05) is 11.1 Å². The van der Waals surface area contributed by atoms with Crippen molar-refractivity contribution in [3.8, 4) is 0 Å². The molecule has 5 N–H and O–H groups in total. The fraction of sp³-hybridized carbons (Fsp3) is 0. The molecule has 9 heteroatoms. The highest BCUT2D eigenvalue weighted by molar-refractivity contribution is 7.89. The zero-order chi connectivity index (χ0) is 13.2. The summed E-state index contributed by atoms with van der Waals surface area (Å²) in [5.74, 6) is 0.861. The van der Waals surface area contributed by atoms with Crippen molar-refractivity contribution in [1.82, 2.24) is 9.97 Å². The van der Waals surface area contributed by atoms with Gasteiger partial charge in [-0.05, 0) is 24.3 Å². The number of rotatable bonds is 3. The van der Waals surface area contributed by atoms with E-state index < -0.39 is 10.0 Å². The van der Waals surface area contributed by atoms with Crippen molar-refractivity contribution in [3.63, 3.8) is 0 Å². The van der Waals surface area contributed by atoms with E-state index in [4.69, 9.17) is 10.9 Å². The molecule has 0 radical (unpaired) electrons. The second-order valence-electron chi connectivity index (χ2n) is 3.52. The molecule has 0 spiro atoms. The van der Waals surface area contributed by atoms with Gasteiger partial charge >= 0.3 is 0 Å². The summed E-state index contributed by atoms with van der Waals surface area (Å²) in [5.41, 5.74) is 6.17.